The van der Waals surface area contributed by atoms with Gasteiger partial charge in [0.1, 0.15) is 0 Å². The molecule has 0 unspecified atom stereocenters. The number of aliphatic hydroxyl groups is 2. The number of carbonyl (C=O) groups is 2. The Morgan fingerprint density at radius 2 is 1.89 bits per heavy atom. The second-order valence-corrected chi connectivity index (χ2v) is 8.94. The third-order valence-corrected chi connectivity index (χ3v) is 6.35. The summed E-state index contributed by atoms with van der Waals surface area (Å²) < 4.78 is 0. The first-order valence-corrected chi connectivity index (χ1v) is 12.1. The largest absolute Gasteiger partial charge is 0.400 e. The third-order valence-electron chi connectivity index (χ3n) is 5.98. The Morgan fingerprint density at radius 3 is 2.61 bits per heavy atom. The molecule has 2 amide bonds. The lowest BCUT2D eigenvalue weighted by Gasteiger charge is -2.38. The summed E-state index contributed by atoms with van der Waals surface area (Å²) in [6.07, 6.45) is -0.831. The number of amides is 2. The van der Waals surface area contributed by atoms with Gasteiger partial charge < -0.3 is 31.5 Å². The number of allylic oxidation sites excluding steroid dienone is 1. The first kappa shape index (κ1) is 27.3. The molecule has 1 aliphatic rings. The molecule has 0 aliphatic carbocycles. The van der Waals surface area contributed by atoms with Crippen LogP contribution in [-0.4, -0.2) is 71.0 Å². The first-order chi connectivity index (χ1) is 17.3. The predicted molar refractivity (Wildman–Crippen MR) is 139 cm³/mol. The summed E-state index contributed by atoms with van der Waals surface area (Å²) >= 11 is 6.10. The zero-order valence-electron chi connectivity index (χ0n) is 20.0. The molecular weight excluding hydrogens is 482 g/mol. The molecule has 192 valence electrons. The summed E-state index contributed by atoms with van der Waals surface area (Å²) in [7, 11) is 0. The zero-order valence-corrected chi connectivity index (χ0v) is 20.8. The lowest BCUT2D eigenvalue weighted by Crippen LogP contribution is -2.56. The van der Waals surface area contributed by atoms with E-state index in [1.807, 2.05) is 48.5 Å². The maximum atomic E-state index is 13.0. The molecule has 2 aromatic carbocycles. The van der Waals surface area contributed by atoms with Crippen LogP contribution in [0.4, 0.5) is 0 Å². The van der Waals surface area contributed by atoms with E-state index in [1.165, 1.54) is 17.2 Å². The topological polar surface area (TPSA) is 140 Å². The Labute approximate surface area is 215 Å². The van der Waals surface area contributed by atoms with Gasteiger partial charge in [-0.2, -0.15) is 0 Å². The molecule has 36 heavy (non-hydrogen) atoms. The number of aliphatic hydroxyl groups excluding tert-OH is 2. The van der Waals surface area contributed by atoms with E-state index in [1.54, 1.807) is 13.0 Å². The minimum Gasteiger partial charge on any atom is -0.400 e. The van der Waals surface area contributed by atoms with Crippen LogP contribution < -0.4 is 16.4 Å². The SMILES string of the molecule is C[C@@H](NC(=O)[C@H](O)[C@@H](O)C(=O)N1CCNC[C@@H]1c1ccccc1)C(N)=CC=NCc1ccccc1Cl. The molecule has 1 aliphatic heterocycles. The number of benzene rings is 2. The number of rotatable bonds is 9. The van der Waals surface area contributed by atoms with Crippen molar-refractivity contribution in [2.75, 3.05) is 19.6 Å². The molecule has 4 atom stereocenters. The van der Waals surface area contributed by atoms with Crippen molar-refractivity contribution in [3.05, 3.63) is 82.5 Å². The van der Waals surface area contributed by atoms with Crippen LogP contribution >= 0.6 is 11.6 Å². The van der Waals surface area contributed by atoms with Gasteiger partial charge in [0, 0.05) is 36.6 Å². The second-order valence-electron chi connectivity index (χ2n) is 8.53. The van der Waals surface area contributed by atoms with Crippen LogP contribution in [-0.2, 0) is 16.1 Å². The minimum atomic E-state index is -1.95. The fourth-order valence-corrected chi connectivity index (χ4v) is 4.03. The van der Waals surface area contributed by atoms with Gasteiger partial charge in [0.05, 0.1) is 18.6 Å². The highest BCUT2D eigenvalue weighted by Gasteiger charge is 2.37. The summed E-state index contributed by atoms with van der Waals surface area (Å²) in [6.45, 7) is 3.37. The van der Waals surface area contributed by atoms with Crippen LogP contribution in [0.15, 0.2) is 71.4 Å². The number of hydrogen-bond donors (Lipinski definition) is 5. The highest BCUT2D eigenvalue weighted by molar-refractivity contribution is 6.31. The van der Waals surface area contributed by atoms with Crippen LogP contribution in [0.3, 0.4) is 0 Å². The van der Waals surface area contributed by atoms with E-state index in [0.29, 0.717) is 31.2 Å². The number of nitrogens with zero attached hydrogens (tertiary/aromatic N) is 2. The maximum absolute atomic E-state index is 13.0. The number of nitrogens with one attached hydrogen (secondary N) is 2. The van der Waals surface area contributed by atoms with Gasteiger partial charge in [0.15, 0.2) is 12.2 Å². The molecule has 0 aromatic heterocycles. The molecule has 1 fully saturated rings. The van der Waals surface area contributed by atoms with Crippen LogP contribution in [0.2, 0.25) is 5.02 Å². The van der Waals surface area contributed by atoms with Crippen molar-refractivity contribution in [2.24, 2.45) is 10.7 Å². The van der Waals surface area contributed by atoms with Crippen molar-refractivity contribution < 1.29 is 19.8 Å². The summed E-state index contributed by atoms with van der Waals surface area (Å²) in [5.41, 5.74) is 8.06. The predicted octanol–water partition coefficient (Wildman–Crippen LogP) is 1.15. The normalized spacial score (nSPS) is 19.1. The Hall–Kier alpha value is -3.24. The van der Waals surface area contributed by atoms with Crippen molar-refractivity contribution in [2.45, 2.75) is 37.8 Å². The average Bonchev–Trinajstić information content (AvgIpc) is 2.91. The molecule has 10 heteroatoms. The molecule has 9 nitrogen and oxygen atoms in total. The van der Waals surface area contributed by atoms with E-state index in [2.05, 4.69) is 15.6 Å². The fraction of sp³-hybridized carbons (Fsp3) is 0.346. The first-order valence-electron chi connectivity index (χ1n) is 11.7. The molecule has 1 heterocycles. The van der Waals surface area contributed by atoms with Gasteiger partial charge in [0.25, 0.3) is 11.8 Å². The summed E-state index contributed by atoms with van der Waals surface area (Å²) in [4.78, 5) is 31.3. The Kier molecular flexibility index (Phi) is 10.0. The molecule has 0 radical (unpaired) electrons. The summed E-state index contributed by atoms with van der Waals surface area (Å²) in [6, 6.07) is 15.8. The second kappa shape index (κ2) is 13.2. The Balaban J connectivity index is 1.56. The highest BCUT2D eigenvalue weighted by Crippen LogP contribution is 2.23. The van der Waals surface area contributed by atoms with Crippen molar-refractivity contribution >= 4 is 29.6 Å². The number of carbonyl (C=O) groups excluding carboxylic acids is 2. The van der Waals surface area contributed by atoms with Crippen LogP contribution in [0.25, 0.3) is 0 Å². The van der Waals surface area contributed by atoms with Gasteiger partial charge in [-0.3, -0.25) is 14.6 Å². The molecule has 0 spiro atoms. The molecule has 2 aromatic rings. The minimum absolute atomic E-state index is 0.283. The van der Waals surface area contributed by atoms with E-state index in [-0.39, 0.29) is 11.7 Å². The molecule has 0 bridgehead atoms. The molecular formula is C26H32ClN5O4. The number of hydrogen-bond acceptors (Lipinski definition) is 7. The lowest BCUT2D eigenvalue weighted by molar-refractivity contribution is -0.155. The van der Waals surface area contributed by atoms with Gasteiger partial charge in [-0.25, -0.2) is 0 Å². The van der Waals surface area contributed by atoms with Crippen molar-refractivity contribution in [1.29, 1.82) is 0 Å². The van der Waals surface area contributed by atoms with E-state index < -0.39 is 30.1 Å². The smallest absolute Gasteiger partial charge is 0.255 e. The molecule has 0 saturated carbocycles. The number of aliphatic imine (C=N–C) groups is 1. The van der Waals surface area contributed by atoms with Crippen LogP contribution in [0.1, 0.15) is 24.1 Å². The number of piperazine rings is 1. The van der Waals surface area contributed by atoms with Gasteiger partial charge >= 0.3 is 0 Å². The van der Waals surface area contributed by atoms with Gasteiger partial charge in [-0.05, 0) is 30.2 Å². The summed E-state index contributed by atoms with van der Waals surface area (Å²) in [5, 5.41) is 27.3. The number of halogens is 1. The van der Waals surface area contributed by atoms with E-state index in [0.717, 1.165) is 11.1 Å². The highest BCUT2D eigenvalue weighted by atomic mass is 35.5. The van der Waals surface area contributed by atoms with Crippen molar-refractivity contribution in [3.63, 3.8) is 0 Å². The third kappa shape index (κ3) is 7.14. The zero-order chi connectivity index (χ0) is 26.1. The lowest BCUT2D eigenvalue weighted by atomic mass is 10.0. The average molecular weight is 514 g/mol. The Bertz CT molecular complexity index is 1090. The van der Waals surface area contributed by atoms with Crippen LogP contribution in [0, 0.1) is 0 Å². The van der Waals surface area contributed by atoms with Gasteiger partial charge in [0.2, 0.25) is 0 Å². The summed E-state index contributed by atoms with van der Waals surface area (Å²) in [5.74, 6) is -1.62. The van der Waals surface area contributed by atoms with Crippen molar-refractivity contribution in [1.82, 2.24) is 15.5 Å². The molecule has 3 rings (SSSR count). The van der Waals surface area contributed by atoms with E-state index >= 15 is 0 Å². The van der Waals surface area contributed by atoms with Crippen LogP contribution in [0.5, 0.6) is 0 Å². The quantitative estimate of drug-likeness (QED) is 0.319. The fourth-order valence-electron chi connectivity index (χ4n) is 3.83. The Morgan fingerprint density at radius 1 is 1.19 bits per heavy atom. The number of nitrogens with two attached hydrogens (primary N) is 1. The van der Waals surface area contributed by atoms with Gasteiger partial charge in [-0.1, -0.05) is 60.1 Å². The van der Waals surface area contributed by atoms with E-state index in [4.69, 9.17) is 17.3 Å². The molecule has 6 N–H and O–H groups in total. The maximum Gasteiger partial charge on any atom is 0.255 e. The monoisotopic (exact) mass is 513 g/mol. The van der Waals surface area contributed by atoms with Crippen molar-refractivity contribution in [3.8, 4) is 0 Å². The van der Waals surface area contributed by atoms with Gasteiger partial charge in [-0.15, -0.1) is 0 Å². The van der Waals surface area contributed by atoms with E-state index in [9.17, 15) is 19.8 Å². The standard InChI is InChI=1S/C26H32ClN5O4/c1-17(21(28)11-12-29-15-19-9-5-6-10-20(19)27)31-25(35)23(33)24(34)26(36)32-14-13-30-16-22(32)18-7-3-2-4-8-18/h2-12,17,22-24,30,33-34H,13-16,28H2,1H3,(H,31,35)/t17-,22-,23-,24-/m1/s1. The molecule has 1 saturated heterocycles.